The highest BCUT2D eigenvalue weighted by Gasteiger charge is 2.20. The highest BCUT2D eigenvalue weighted by atomic mass is 35.5. The molecule has 148 valence electrons. The number of nitrogens with one attached hydrogen (secondary N) is 1. The summed E-state index contributed by atoms with van der Waals surface area (Å²) in [5, 5.41) is 11.8. The molecule has 1 amide bonds. The minimum Gasteiger partial charge on any atom is -0.484 e. The van der Waals surface area contributed by atoms with Gasteiger partial charge in [-0.3, -0.25) is 4.98 Å². The predicted octanol–water partition coefficient (Wildman–Crippen LogP) is 4.78. The third kappa shape index (κ3) is 6.39. The normalized spacial score (nSPS) is 12.0. The van der Waals surface area contributed by atoms with Gasteiger partial charge in [0.05, 0.1) is 10.6 Å². The van der Waals surface area contributed by atoms with Gasteiger partial charge in [-0.2, -0.15) is 5.26 Å². The standard InChI is InChI=1S/C20H21ClFN3O3/c1-20(2,3)28-19(26)25-8-6-17(13-5-4-7-24-12-13)27-18-10-15(21)16(22)9-14(18)11-23/h4-5,7,9-10,12,17H,6,8H2,1-3H3,(H,25,26). The zero-order valence-electron chi connectivity index (χ0n) is 15.8. The lowest BCUT2D eigenvalue weighted by molar-refractivity contribution is 0.0520. The number of pyridine rings is 1. The first-order chi connectivity index (χ1) is 13.2. The SMILES string of the molecule is CC(C)(C)OC(=O)NCCC(Oc1cc(Cl)c(F)cc1C#N)c1cccnc1. The number of ether oxygens (including phenoxy) is 2. The van der Waals surface area contributed by atoms with Gasteiger partial charge in [-0.05, 0) is 32.9 Å². The van der Waals surface area contributed by atoms with Gasteiger partial charge in [-0.25, -0.2) is 9.18 Å². The molecule has 0 fully saturated rings. The third-order valence-corrected chi connectivity index (χ3v) is 3.83. The van der Waals surface area contributed by atoms with Crippen LogP contribution in [-0.2, 0) is 4.74 Å². The van der Waals surface area contributed by atoms with Gasteiger partial charge in [-0.1, -0.05) is 17.7 Å². The molecule has 0 aliphatic heterocycles. The quantitative estimate of drug-likeness (QED) is 0.747. The largest absolute Gasteiger partial charge is 0.484 e. The van der Waals surface area contributed by atoms with Crippen molar-refractivity contribution in [1.82, 2.24) is 10.3 Å². The average molecular weight is 406 g/mol. The Kier molecular flexibility index (Phi) is 7.18. The summed E-state index contributed by atoms with van der Waals surface area (Å²) in [7, 11) is 0. The number of aromatic nitrogens is 1. The third-order valence-electron chi connectivity index (χ3n) is 3.54. The zero-order chi connectivity index (χ0) is 20.7. The van der Waals surface area contributed by atoms with Crippen LogP contribution in [0.4, 0.5) is 9.18 Å². The number of benzene rings is 1. The first kappa shape index (κ1) is 21.5. The summed E-state index contributed by atoms with van der Waals surface area (Å²) < 4.78 is 24.8. The van der Waals surface area contributed by atoms with E-state index in [0.29, 0.717) is 6.42 Å². The smallest absolute Gasteiger partial charge is 0.407 e. The molecule has 0 aliphatic carbocycles. The summed E-state index contributed by atoms with van der Waals surface area (Å²) in [5.74, 6) is -0.546. The van der Waals surface area contributed by atoms with E-state index in [4.69, 9.17) is 21.1 Å². The van der Waals surface area contributed by atoms with Crippen molar-refractivity contribution < 1.29 is 18.7 Å². The maximum Gasteiger partial charge on any atom is 0.407 e. The molecule has 0 bridgehead atoms. The Bertz CT molecular complexity index is 863. The van der Waals surface area contributed by atoms with Gasteiger partial charge in [0.25, 0.3) is 0 Å². The molecule has 1 atom stereocenters. The van der Waals surface area contributed by atoms with E-state index in [1.165, 1.54) is 6.07 Å². The second kappa shape index (κ2) is 9.38. The molecule has 1 aromatic heterocycles. The molecule has 8 heteroatoms. The van der Waals surface area contributed by atoms with Crippen molar-refractivity contribution in [2.75, 3.05) is 6.54 Å². The number of halogens is 2. The number of amides is 1. The van der Waals surface area contributed by atoms with Gasteiger partial charge in [0.1, 0.15) is 29.3 Å². The van der Waals surface area contributed by atoms with E-state index in [0.717, 1.165) is 11.6 Å². The van der Waals surface area contributed by atoms with E-state index >= 15 is 0 Å². The second-order valence-electron chi connectivity index (χ2n) is 6.98. The first-order valence-electron chi connectivity index (χ1n) is 8.62. The molecular formula is C20H21ClFN3O3. The van der Waals surface area contributed by atoms with Crippen LogP contribution in [0.25, 0.3) is 0 Å². The van der Waals surface area contributed by atoms with E-state index in [9.17, 15) is 14.4 Å². The number of rotatable bonds is 6. The molecule has 1 N–H and O–H groups in total. The van der Waals surface area contributed by atoms with Crippen LogP contribution < -0.4 is 10.1 Å². The summed E-state index contributed by atoms with van der Waals surface area (Å²) >= 11 is 5.83. The molecule has 0 saturated heterocycles. The van der Waals surface area contributed by atoms with E-state index in [-0.39, 0.29) is 22.9 Å². The monoisotopic (exact) mass is 405 g/mol. The zero-order valence-corrected chi connectivity index (χ0v) is 16.6. The predicted molar refractivity (Wildman–Crippen MR) is 103 cm³/mol. The molecule has 0 radical (unpaired) electrons. The maximum atomic E-state index is 13.6. The highest BCUT2D eigenvalue weighted by Crippen LogP contribution is 2.31. The fourth-order valence-electron chi connectivity index (χ4n) is 2.35. The fraction of sp³-hybridized carbons (Fsp3) is 0.350. The van der Waals surface area contributed by atoms with Crippen molar-refractivity contribution in [2.45, 2.75) is 38.9 Å². The van der Waals surface area contributed by atoms with Crippen LogP contribution in [0, 0.1) is 17.1 Å². The van der Waals surface area contributed by atoms with Gasteiger partial charge in [0.15, 0.2) is 0 Å². The molecule has 0 spiro atoms. The van der Waals surface area contributed by atoms with Gasteiger partial charge in [-0.15, -0.1) is 0 Å². The van der Waals surface area contributed by atoms with Gasteiger partial charge in [0.2, 0.25) is 0 Å². The lowest BCUT2D eigenvalue weighted by atomic mass is 10.1. The van der Waals surface area contributed by atoms with Crippen LogP contribution in [0.5, 0.6) is 5.75 Å². The average Bonchev–Trinajstić information content (AvgIpc) is 2.62. The molecule has 1 unspecified atom stereocenters. The number of nitriles is 1. The van der Waals surface area contributed by atoms with Gasteiger partial charge < -0.3 is 14.8 Å². The number of alkyl carbamates (subject to hydrolysis) is 1. The Hall–Kier alpha value is -2.85. The van der Waals surface area contributed by atoms with Crippen LogP contribution in [0.1, 0.15) is 44.4 Å². The lowest BCUT2D eigenvalue weighted by Gasteiger charge is -2.22. The van der Waals surface area contributed by atoms with E-state index in [2.05, 4.69) is 10.3 Å². The molecule has 6 nitrogen and oxygen atoms in total. The number of carbonyl (C=O) groups is 1. The number of nitrogens with zero attached hydrogens (tertiary/aromatic N) is 2. The molecule has 1 aromatic carbocycles. The van der Waals surface area contributed by atoms with E-state index in [1.54, 1.807) is 39.2 Å². The minimum absolute atomic E-state index is 0.0240. The van der Waals surface area contributed by atoms with Gasteiger partial charge in [0, 0.05) is 37.0 Å². The number of hydrogen-bond acceptors (Lipinski definition) is 5. The van der Waals surface area contributed by atoms with Crippen LogP contribution >= 0.6 is 11.6 Å². The topological polar surface area (TPSA) is 84.2 Å². The Morgan fingerprint density at radius 3 is 2.79 bits per heavy atom. The molecule has 2 aromatic rings. The van der Waals surface area contributed by atoms with Crippen LogP contribution in [0.15, 0.2) is 36.7 Å². The molecular weight excluding hydrogens is 385 g/mol. The Morgan fingerprint density at radius 1 is 1.43 bits per heavy atom. The number of hydrogen-bond donors (Lipinski definition) is 1. The summed E-state index contributed by atoms with van der Waals surface area (Å²) in [6.45, 7) is 5.58. The minimum atomic E-state index is -0.699. The summed E-state index contributed by atoms with van der Waals surface area (Å²) in [5.41, 5.74) is 0.157. The van der Waals surface area contributed by atoms with Crippen molar-refractivity contribution in [3.63, 3.8) is 0 Å². The summed E-state index contributed by atoms with van der Waals surface area (Å²) in [6, 6.07) is 7.73. The van der Waals surface area contributed by atoms with Crippen molar-refractivity contribution in [3.8, 4) is 11.8 Å². The number of carbonyl (C=O) groups excluding carboxylic acids is 1. The molecule has 1 heterocycles. The fourth-order valence-corrected chi connectivity index (χ4v) is 2.50. The summed E-state index contributed by atoms with van der Waals surface area (Å²) in [6.07, 6.45) is 2.52. The Balaban J connectivity index is 2.15. The molecule has 2 rings (SSSR count). The van der Waals surface area contributed by atoms with Crippen LogP contribution in [0.2, 0.25) is 5.02 Å². The van der Waals surface area contributed by atoms with Crippen molar-refractivity contribution in [3.05, 3.63) is 58.6 Å². The van der Waals surface area contributed by atoms with E-state index < -0.39 is 23.6 Å². The molecule has 0 aliphatic rings. The second-order valence-corrected chi connectivity index (χ2v) is 7.39. The molecule has 28 heavy (non-hydrogen) atoms. The Labute approximate surface area is 168 Å². The van der Waals surface area contributed by atoms with E-state index in [1.807, 2.05) is 12.1 Å². The maximum absolute atomic E-state index is 13.6. The first-order valence-corrected chi connectivity index (χ1v) is 9.00. The van der Waals surface area contributed by atoms with Crippen molar-refractivity contribution in [2.24, 2.45) is 0 Å². The summed E-state index contributed by atoms with van der Waals surface area (Å²) in [4.78, 5) is 15.9. The molecule has 0 saturated carbocycles. The van der Waals surface area contributed by atoms with Crippen molar-refractivity contribution in [1.29, 1.82) is 5.26 Å². The lowest BCUT2D eigenvalue weighted by Crippen LogP contribution is -2.33. The van der Waals surface area contributed by atoms with Crippen LogP contribution in [0.3, 0.4) is 0 Å². The van der Waals surface area contributed by atoms with Crippen LogP contribution in [-0.4, -0.2) is 23.2 Å². The van der Waals surface area contributed by atoms with Gasteiger partial charge >= 0.3 is 6.09 Å². The highest BCUT2D eigenvalue weighted by molar-refractivity contribution is 6.30. The Morgan fingerprint density at radius 2 is 2.18 bits per heavy atom. The van der Waals surface area contributed by atoms with Crippen molar-refractivity contribution >= 4 is 17.7 Å².